The minimum atomic E-state index is -3.74. The van der Waals surface area contributed by atoms with Crippen LogP contribution in [0.25, 0.3) is 0 Å². The molecule has 0 bridgehead atoms. The van der Waals surface area contributed by atoms with Gasteiger partial charge in [0.15, 0.2) is 12.0 Å². The van der Waals surface area contributed by atoms with Gasteiger partial charge in [-0.15, -0.1) is 0 Å². The number of hydrogen-bond donors (Lipinski definition) is 0. The smallest absolute Gasteiger partial charge is 0.276 e. The maximum Gasteiger partial charge on any atom is 0.276 e. The number of aryl methyl sites for hydroxylation is 1. The zero-order valence-corrected chi connectivity index (χ0v) is 12.1. The van der Waals surface area contributed by atoms with Gasteiger partial charge in [0.05, 0.1) is 0 Å². The molecule has 20 heavy (non-hydrogen) atoms. The molecule has 0 spiro atoms. The highest BCUT2D eigenvalue weighted by Gasteiger charge is 2.25. The predicted octanol–water partition coefficient (Wildman–Crippen LogP) is 2.22. The van der Waals surface area contributed by atoms with E-state index in [1.54, 1.807) is 0 Å². The van der Waals surface area contributed by atoms with Crippen molar-refractivity contribution in [3.8, 4) is 0 Å². The first-order valence-corrected chi connectivity index (χ1v) is 7.45. The van der Waals surface area contributed by atoms with E-state index in [9.17, 15) is 13.2 Å². The molecule has 0 aliphatic rings. The summed E-state index contributed by atoms with van der Waals surface area (Å²) in [5.41, 5.74) is 1.93. The van der Waals surface area contributed by atoms with E-state index < -0.39 is 10.0 Å². The molecule has 1 aromatic heterocycles. The number of carbonyl (C=O) groups is 1. The van der Waals surface area contributed by atoms with Crippen molar-refractivity contribution in [3.05, 3.63) is 53.3 Å². The van der Waals surface area contributed by atoms with Crippen LogP contribution in [0.3, 0.4) is 0 Å². The van der Waals surface area contributed by atoms with E-state index in [1.807, 2.05) is 31.2 Å². The summed E-state index contributed by atoms with van der Waals surface area (Å²) < 4.78 is 30.8. The third kappa shape index (κ3) is 2.81. The molecule has 0 fully saturated rings. The molecule has 0 aliphatic carbocycles. The van der Waals surface area contributed by atoms with E-state index in [-0.39, 0.29) is 17.4 Å². The van der Waals surface area contributed by atoms with E-state index in [2.05, 4.69) is 0 Å². The molecule has 2 rings (SSSR count). The Morgan fingerprint density at radius 3 is 2.50 bits per heavy atom. The Bertz CT molecular complexity index is 718. The van der Waals surface area contributed by atoms with Crippen molar-refractivity contribution in [2.24, 2.45) is 0 Å². The van der Waals surface area contributed by atoms with Gasteiger partial charge in [0.1, 0.15) is 0 Å². The second-order valence-electron chi connectivity index (χ2n) is 4.46. The maximum atomic E-state index is 12.3. The Labute approximate surface area is 117 Å². The summed E-state index contributed by atoms with van der Waals surface area (Å²) in [5.74, 6) is -0.00660. The van der Waals surface area contributed by atoms with Crippen LogP contribution in [0, 0.1) is 6.92 Å². The van der Waals surface area contributed by atoms with E-state index in [4.69, 9.17) is 4.42 Å². The Morgan fingerprint density at radius 1 is 1.20 bits per heavy atom. The Hall–Kier alpha value is -1.92. The lowest BCUT2D eigenvalue weighted by atomic mass is 10.1. The first-order valence-electron chi connectivity index (χ1n) is 6.01. The van der Waals surface area contributed by atoms with Crippen LogP contribution in [0.15, 0.2) is 45.9 Å². The summed E-state index contributed by atoms with van der Waals surface area (Å²) in [7, 11) is -2.26. The van der Waals surface area contributed by atoms with Crippen molar-refractivity contribution < 1.29 is 17.6 Å². The minimum absolute atomic E-state index is 0.00660. The summed E-state index contributed by atoms with van der Waals surface area (Å²) in [4.78, 5) is 10.6. The van der Waals surface area contributed by atoms with Crippen LogP contribution in [0.2, 0.25) is 0 Å². The number of nitrogens with zero attached hydrogens (tertiary/aromatic N) is 1. The van der Waals surface area contributed by atoms with E-state index in [0.29, 0.717) is 6.29 Å². The summed E-state index contributed by atoms with van der Waals surface area (Å²) in [6.07, 6.45) is 0.473. The molecule has 0 N–H and O–H groups in total. The molecule has 1 heterocycles. The van der Waals surface area contributed by atoms with Gasteiger partial charge in [-0.25, -0.2) is 8.42 Å². The maximum absolute atomic E-state index is 12.3. The van der Waals surface area contributed by atoms with Gasteiger partial charge in [-0.2, -0.15) is 4.31 Å². The number of sulfonamides is 1. The molecule has 0 aliphatic heterocycles. The molecule has 106 valence electrons. The lowest BCUT2D eigenvalue weighted by molar-refractivity contribution is 0.109. The highest BCUT2D eigenvalue weighted by Crippen LogP contribution is 2.19. The van der Waals surface area contributed by atoms with Crippen molar-refractivity contribution in [1.82, 2.24) is 4.31 Å². The molecule has 0 amide bonds. The summed E-state index contributed by atoms with van der Waals surface area (Å²) in [6.45, 7) is 2.17. The monoisotopic (exact) mass is 293 g/mol. The van der Waals surface area contributed by atoms with E-state index >= 15 is 0 Å². The van der Waals surface area contributed by atoms with Crippen molar-refractivity contribution in [1.29, 1.82) is 0 Å². The van der Waals surface area contributed by atoms with Crippen molar-refractivity contribution >= 4 is 16.3 Å². The molecule has 2 aromatic rings. The van der Waals surface area contributed by atoms with Gasteiger partial charge in [0.2, 0.25) is 5.09 Å². The highest BCUT2D eigenvalue weighted by molar-refractivity contribution is 7.88. The van der Waals surface area contributed by atoms with Gasteiger partial charge in [0, 0.05) is 13.6 Å². The molecule has 0 saturated carbocycles. The minimum Gasteiger partial charge on any atom is -0.440 e. The van der Waals surface area contributed by atoms with Crippen molar-refractivity contribution in [3.63, 3.8) is 0 Å². The number of furan rings is 1. The fourth-order valence-corrected chi connectivity index (χ4v) is 2.86. The zero-order valence-electron chi connectivity index (χ0n) is 11.2. The third-order valence-corrected chi connectivity index (χ3v) is 4.71. The Morgan fingerprint density at radius 2 is 1.90 bits per heavy atom. The fourth-order valence-electron chi connectivity index (χ4n) is 1.80. The van der Waals surface area contributed by atoms with Gasteiger partial charge >= 0.3 is 0 Å². The fraction of sp³-hybridized carbons (Fsp3) is 0.214. The summed E-state index contributed by atoms with van der Waals surface area (Å²) >= 11 is 0. The van der Waals surface area contributed by atoms with Crippen molar-refractivity contribution in [2.75, 3.05) is 7.05 Å². The van der Waals surface area contributed by atoms with Crippen LogP contribution in [-0.2, 0) is 16.6 Å². The number of rotatable bonds is 5. The normalized spacial score (nSPS) is 11.8. The van der Waals surface area contributed by atoms with Gasteiger partial charge in [0.25, 0.3) is 10.0 Å². The van der Waals surface area contributed by atoms with Crippen LogP contribution in [0.4, 0.5) is 0 Å². The van der Waals surface area contributed by atoms with Crippen LogP contribution >= 0.6 is 0 Å². The molecule has 1 aromatic carbocycles. The van der Waals surface area contributed by atoms with Crippen LogP contribution in [0.1, 0.15) is 21.7 Å². The SMILES string of the molecule is Cc1ccccc1CN(C)S(=O)(=O)c1ccc(C=O)o1. The average Bonchev–Trinajstić information content (AvgIpc) is 2.90. The Kier molecular flexibility index (Phi) is 4.06. The first kappa shape index (κ1) is 14.5. The number of benzene rings is 1. The molecule has 0 unspecified atom stereocenters. The van der Waals surface area contributed by atoms with Crippen LogP contribution in [0.5, 0.6) is 0 Å². The van der Waals surface area contributed by atoms with Crippen molar-refractivity contribution in [2.45, 2.75) is 18.6 Å². The Balaban J connectivity index is 2.25. The predicted molar refractivity (Wildman–Crippen MR) is 73.9 cm³/mol. The van der Waals surface area contributed by atoms with Gasteiger partial charge < -0.3 is 4.42 Å². The van der Waals surface area contributed by atoms with E-state index in [0.717, 1.165) is 11.1 Å². The lowest BCUT2D eigenvalue weighted by Crippen LogP contribution is -2.26. The second kappa shape index (κ2) is 5.60. The number of aldehydes is 1. The van der Waals surface area contributed by atoms with Gasteiger partial charge in [-0.1, -0.05) is 24.3 Å². The average molecular weight is 293 g/mol. The topological polar surface area (TPSA) is 67.6 Å². The molecular weight excluding hydrogens is 278 g/mol. The lowest BCUT2D eigenvalue weighted by Gasteiger charge is -2.16. The molecule has 5 nitrogen and oxygen atoms in total. The molecule has 0 radical (unpaired) electrons. The molecule has 0 atom stereocenters. The molecule has 0 saturated heterocycles. The first-order chi connectivity index (χ1) is 9.45. The van der Waals surface area contributed by atoms with Crippen LogP contribution in [-0.4, -0.2) is 26.1 Å². The summed E-state index contributed by atoms with van der Waals surface area (Å²) in [6, 6.07) is 10.2. The highest BCUT2D eigenvalue weighted by atomic mass is 32.2. The number of hydrogen-bond acceptors (Lipinski definition) is 4. The van der Waals surface area contributed by atoms with Gasteiger partial charge in [-0.05, 0) is 30.2 Å². The van der Waals surface area contributed by atoms with Crippen LogP contribution < -0.4 is 0 Å². The molecule has 6 heteroatoms. The number of carbonyl (C=O) groups excluding carboxylic acids is 1. The zero-order chi connectivity index (χ0) is 14.8. The van der Waals surface area contributed by atoms with E-state index in [1.165, 1.54) is 23.5 Å². The third-order valence-electron chi connectivity index (χ3n) is 3.04. The largest absolute Gasteiger partial charge is 0.440 e. The second-order valence-corrected chi connectivity index (χ2v) is 6.44. The standard InChI is InChI=1S/C14H15NO4S/c1-11-5-3-4-6-12(11)9-15(2)20(17,18)14-8-7-13(10-16)19-14/h3-8,10H,9H2,1-2H3. The summed E-state index contributed by atoms with van der Waals surface area (Å²) in [5, 5.41) is -0.226. The quantitative estimate of drug-likeness (QED) is 0.793. The van der Waals surface area contributed by atoms with Gasteiger partial charge in [-0.3, -0.25) is 4.79 Å². The molecular formula is C14H15NO4S.